The number of nitrogens with zero attached hydrogens (tertiary/aromatic N) is 3. The molecule has 1 saturated heterocycles. The summed E-state index contributed by atoms with van der Waals surface area (Å²) in [5.41, 5.74) is 1.14. The molecule has 0 spiro atoms. The van der Waals surface area contributed by atoms with Crippen LogP contribution in [0, 0.1) is 12.8 Å². The quantitative estimate of drug-likeness (QED) is 0.871. The molecule has 0 radical (unpaired) electrons. The Bertz CT molecular complexity index is 849. The maximum atomic E-state index is 12.7. The van der Waals surface area contributed by atoms with Crippen molar-refractivity contribution in [3.63, 3.8) is 0 Å². The lowest BCUT2D eigenvalue weighted by atomic mass is 9.98. The minimum absolute atomic E-state index is 0.0185. The average molecular weight is 377 g/mol. The second-order valence-corrected chi connectivity index (χ2v) is 8.53. The summed E-state index contributed by atoms with van der Waals surface area (Å²) in [5.74, 6) is 1.40. The van der Waals surface area contributed by atoms with E-state index in [9.17, 15) is 9.59 Å². The van der Waals surface area contributed by atoms with Crippen LogP contribution < -0.4 is 5.56 Å². The third-order valence-corrected chi connectivity index (χ3v) is 6.39. The minimum atomic E-state index is -0.0185. The zero-order valence-corrected chi connectivity index (χ0v) is 16.9. The van der Waals surface area contributed by atoms with Crippen LogP contribution in [0.4, 0.5) is 0 Å². The summed E-state index contributed by atoms with van der Waals surface area (Å²) in [7, 11) is 0. The van der Waals surface area contributed by atoms with Crippen LogP contribution in [0.3, 0.4) is 0 Å². The molecule has 7 heteroatoms. The number of aromatic nitrogens is 2. The predicted molar refractivity (Wildman–Crippen MR) is 106 cm³/mol. The van der Waals surface area contributed by atoms with Crippen molar-refractivity contribution in [2.24, 2.45) is 5.92 Å². The molecule has 3 rings (SSSR count). The lowest BCUT2D eigenvalue weighted by Crippen LogP contribution is -2.47. The predicted octanol–water partition coefficient (Wildman–Crippen LogP) is 2.55. The third kappa shape index (κ3) is 3.99. The van der Waals surface area contributed by atoms with E-state index in [-0.39, 0.29) is 11.5 Å². The van der Waals surface area contributed by atoms with Gasteiger partial charge in [-0.1, -0.05) is 20.3 Å². The number of nitrogens with one attached hydrogen (secondary N) is 1. The van der Waals surface area contributed by atoms with Gasteiger partial charge in [0.05, 0.1) is 11.9 Å². The molecule has 142 valence electrons. The summed E-state index contributed by atoms with van der Waals surface area (Å²) < 4.78 is 0. The second-order valence-electron chi connectivity index (χ2n) is 7.33. The first-order valence-corrected chi connectivity index (χ1v) is 10.2. The Balaban J connectivity index is 1.79. The molecule has 6 nitrogen and oxygen atoms in total. The van der Waals surface area contributed by atoms with Gasteiger partial charge in [0, 0.05) is 38.0 Å². The normalized spacial score (nSPS) is 17.0. The smallest absolute Gasteiger partial charge is 0.259 e. The van der Waals surface area contributed by atoms with Crippen LogP contribution in [0.5, 0.6) is 0 Å². The maximum Gasteiger partial charge on any atom is 0.259 e. The number of amides is 1. The van der Waals surface area contributed by atoms with Gasteiger partial charge in [-0.15, -0.1) is 11.3 Å². The topological polar surface area (TPSA) is 69.3 Å². The zero-order valence-electron chi connectivity index (χ0n) is 16.1. The molecule has 0 aromatic carbocycles. The number of hydrogen-bond donors (Lipinski definition) is 1. The van der Waals surface area contributed by atoms with E-state index >= 15 is 0 Å². The molecule has 26 heavy (non-hydrogen) atoms. The number of aryl methyl sites for hydroxylation is 1. The lowest BCUT2D eigenvalue weighted by Gasteiger charge is -2.33. The highest BCUT2D eigenvalue weighted by Gasteiger charge is 2.21. The number of thiophene rings is 1. The van der Waals surface area contributed by atoms with Crippen LogP contribution in [-0.4, -0.2) is 51.9 Å². The number of aromatic amines is 1. The van der Waals surface area contributed by atoms with Crippen molar-refractivity contribution < 1.29 is 4.79 Å². The first-order chi connectivity index (χ1) is 12.4. The van der Waals surface area contributed by atoms with Gasteiger partial charge in [-0.2, -0.15) is 0 Å². The van der Waals surface area contributed by atoms with Gasteiger partial charge >= 0.3 is 0 Å². The molecule has 1 amide bonds. The Morgan fingerprint density at radius 3 is 2.62 bits per heavy atom. The van der Waals surface area contributed by atoms with E-state index in [0.717, 1.165) is 60.6 Å². The van der Waals surface area contributed by atoms with Crippen LogP contribution in [0.15, 0.2) is 4.79 Å². The van der Waals surface area contributed by atoms with E-state index in [1.165, 1.54) is 4.88 Å². The van der Waals surface area contributed by atoms with Gasteiger partial charge in [0.2, 0.25) is 5.91 Å². The number of fused-ring (bicyclic) bond motifs is 1. The van der Waals surface area contributed by atoms with E-state index in [1.807, 2.05) is 4.90 Å². The Labute approximate surface area is 158 Å². The van der Waals surface area contributed by atoms with E-state index < -0.39 is 0 Å². The van der Waals surface area contributed by atoms with Gasteiger partial charge in [-0.05, 0) is 24.8 Å². The van der Waals surface area contributed by atoms with Gasteiger partial charge in [-0.3, -0.25) is 14.5 Å². The van der Waals surface area contributed by atoms with Crippen molar-refractivity contribution in [1.82, 2.24) is 19.8 Å². The molecule has 0 aliphatic carbocycles. The SMILES string of the molecule is CC[C@@H](C)Cc1c(C)sc2nc(CN3CCN(C(C)=O)CC3)[nH]c(=O)c12. The molecule has 2 aromatic heterocycles. The molecule has 1 atom stereocenters. The minimum Gasteiger partial charge on any atom is -0.340 e. The molecular weight excluding hydrogens is 348 g/mol. The summed E-state index contributed by atoms with van der Waals surface area (Å²) >= 11 is 1.62. The Morgan fingerprint density at radius 1 is 1.31 bits per heavy atom. The van der Waals surface area contributed by atoms with Crippen molar-refractivity contribution in [2.45, 2.75) is 47.1 Å². The number of H-pyrrole nitrogens is 1. The molecule has 2 aromatic rings. The van der Waals surface area contributed by atoms with Gasteiger partial charge in [-0.25, -0.2) is 4.98 Å². The van der Waals surface area contributed by atoms with Gasteiger partial charge in [0.1, 0.15) is 10.7 Å². The van der Waals surface area contributed by atoms with E-state index in [2.05, 4.69) is 30.7 Å². The molecular formula is C19H28N4O2S. The summed E-state index contributed by atoms with van der Waals surface area (Å²) in [6, 6.07) is 0. The van der Waals surface area contributed by atoms with E-state index in [4.69, 9.17) is 4.98 Å². The van der Waals surface area contributed by atoms with Crippen LogP contribution in [0.2, 0.25) is 0 Å². The Kier molecular flexibility index (Phi) is 5.77. The summed E-state index contributed by atoms with van der Waals surface area (Å²) in [6.45, 7) is 11.8. The van der Waals surface area contributed by atoms with Crippen molar-refractivity contribution >= 4 is 27.5 Å². The summed E-state index contributed by atoms with van der Waals surface area (Å²) in [6.07, 6.45) is 2.03. The van der Waals surface area contributed by atoms with Gasteiger partial charge < -0.3 is 9.88 Å². The zero-order chi connectivity index (χ0) is 18.8. The molecule has 0 bridgehead atoms. The number of hydrogen-bond acceptors (Lipinski definition) is 5. The lowest BCUT2D eigenvalue weighted by molar-refractivity contribution is -0.130. The molecule has 1 aliphatic heterocycles. The molecule has 1 N–H and O–H groups in total. The van der Waals surface area contributed by atoms with Crippen LogP contribution >= 0.6 is 11.3 Å². The van der Waals surface area contributed by atoms with Crippen molar-refractivity contribution in [3.8, 4) is 0 Å². The summed E-state index contributed by atoms with van der Waals surface area (Å²) in [5, 5.41) is 0.776. The highest BCUT2D eigenvalue weighted by atomic mass is 32.1. The van der Waals surface area contributed by atoms with Crippen molar-refractivity contribution in [2.75, 3.05) is 26.2 Å². The van der Waals surface area contributed by atoms with Crippen molar-refractivity contribution in [3.05, 3.63) is 26.6 Å². The van der Waals surface area contributed by atoms with Gasteiger partial charge in [0.15, 0.2) is 0 Å². The number of carbonyl (C=O) groups is 1. The molecule has 1 aliphatic rings. The average Bonchev–Trinajstić information content (AvgIpc) is 2.91. The fraction of sp³-hybridized carbons (Fsp3) is 0.632. The maximum absolute atomic E-state index is 12.7. The molecule has 0 unspecified atom stereocenters. The van der Waals surface area contributed by atoms with Crippen molar-refractivity contribution in [1.29, 1.82) is 0 Å². The highest BCUT2D eigenvalue weighted by Crippen LogP contribution is 2.29. The number of carbonyl (C=O) groups excluding carboxylic acids is 1. The first-order valence-electron chi connectivity index (χ1n) is 9.38. The van der Waals surface area contributed by atoms with E-state index in [0.29, 0.717) is 12.5 Å². The number of rotatable bonds is 5. The standard InChI is InChI=1S/C19H28N4O2S/c1-5-12(2)10-15-13(3)26-19-17(15)18(25)20-16(21-19)11-22-6-8-23(9-7-22)14(4)24/h12H,5-11H2,1-4H3,(H,20,21,25)/t12-/m1/s1. The molecule has 0 saturated carbocycles. The molecule has 1 fully saturated rings. The molecule has 3 heterocycles. The Hall–Kier alpha value is -1.73. The third-order valence-electron chi connectivity index (χ3n) is 5.35. The van der Waals surface area contributed by atoms with Crippen LogP contribution in [0.25, 0.3) is 10.2 Å². The summed E-state index contributed by atoms with van der Waals surface area (Å²) in [4.78, 5) is 38.0. The highest BCUT2D eigenvalue weighted by molar-refractivity contribution is 7.18. The van der Waals surface area contributed by atoms with Crippen LogP contribution in [0.1, 0.15) is 43.5 Å². The second kappa shape index (κ2) is 7.88. The fourth-order valence-corrected chi connectivity index (χ4v) is 4.54. The number of piperazine rings is 1. The van der Waals surface area contributed by atoms with Gasteiger partial charge in [0.25, 0.3) is 5.56 Å². The first kappa shape index (κ1) is 19.0. The largest absolute Gasteiger partial charge is 0.340 e. The fourth-order valence-electron chi connectivity index (χ4n) is 3.47. The monoisotopic (exact) mass is 376 g/mol. The van der Waals surface area contributed by atoms with E-state index in [1.54, 1.807) is 18.3 Å². The Morgan fingerprint density at radius 2 is 2.00 bits per heavy atom. The van der Waals surface area contributed by atoms with Crippen LogP contribution in [-0.2, 0) is 17.8 Å².